The van der Waals surface area contributed by atoms with Crippen LogP contribution in [0.2, 0.25) is 18.6 Å². The molecule has 3 heterocycles. The number of aliphatic hydroxyl groups excluding tert-OH is 1. The number of H-pyrrole nitrogens is 1. The monoisotopic (exact) mass is 663 g/mol. The van der Waals surface area contributed by atoms with Gasteiger partial charge in [-0.1, -0.05) is 61.6 Å². The number of benzene rings is 4. The third-order valence-corrected chi connectivity index (χ3v) is 14.9. The van der Waals surface area contributed by atoms with Crippen LogP contribution in [0.4, 0.5) is 5.69 Å². The van der Waals surface area contributed by atoms with Crippen molar-refractivity contribution in [2.24, 2.45) is 5.92 Å². The highest BCUT2D eigenvalue weighted by Crippen LogP contribution is 2.60. The van der Waals surface area contributed by atoms with Gasteiger partial charge in [0, 0.05) is 18.1 Å². The normalized spacial score (nSPS) is 22.1. The van der Waals surface area contributed by atoms with Crippen LogP contribution in [-0.4, -0.2) is 55.8 Å². The Labute approximate surface area is 280 Å². The molecule has 4 aromatic carbocycles. The van der Waals surface area contributed by atoms with E-state index < -0.39 is 13.7 Å². The molecule has 1 amide bonds. The summed E-state index contributed by atoms with van der Waals surface area (Å²) in [5.41, 5.74) is 2.51. The third kappa shape index (κ3) is 4.89. The molecule has 0 unspecified atom stereocenters. The summed E-state index contributed by atoms with van der Waals surface area (Å²) in [6.45, 7) is 7.02. The van der Waals surface area contributed by atoms with Crippen LogP contribution in [0.5, 0.6) is 11.5 Å². The van der Waals surface area contributed by atoms with Crippen LogP contribution in [0, 0.1) is 5.92 Å². The number of aromatic amines is 1. The predicted octanol–water partition coefficient (Wildman–Crippen LogP) is 5.48. The summed E-state index contributed by atoms with van der Waals surface area (Å²) in [4.78, 5) is 30.0. The lowest BCUT2D eigenvalue weighted by Gasteiger charge is -2.37. The topological polar surface area (TPSA) is 106 Å². The highest BCUT2D eigenvalue weighted by molar-refractivity contribution is 6.91. The van der Waals surface area contributed by atoms with E-state index in [1.165, 1.54) is 5.19 Å². The minimum Gasteiger partial charge on any atom is -0.497 e. The Balaban J connectivity index is 1.29. The number of nitrogens with zero attached hydrogens (tertiary/aromatic N) is 2. The van der Waals surface area contributed by atoms with E-state index in [9.17, 15) is 9.90 Å². The fraction of sp³-hybridized carbons (Fsp3) is 0.316. The smallest absolute Gasteiger partial charge is 0.279 e. The molecule has 0 bridgehead atoms. The Morgan fingerprint density at radius 1 is 0.917 bits per heavy atom. The molecule has 0 aliphatic carbocycles. The van der Waals surface area contributed by atoms with E-state index in [-0.39, 0.29) is 42.2 Å². The Hall–Kier alpha value is -4.64. The summed E-state index contributed by atoms with van der Waals surface area (Å²) in [6.07, 6.45) is 0.103. The minimum absolute atomic E-state index is 0.0261. The second-order valence-electron chi connectivity index (χ2n) is 13.4. The number of amides is 1. The Morgan fingerprint density at radius 3 is 2.35 bits per heavy atom. The van der Waals surface area contributed by atoms with Crippen LogP contribution in [0.3, 0.4) is 0 Å². The van der Waals surface area contributed by atoms with Crippen LogP contribution >= 0.6 is 0 Å². The molecule has 10 heteroatoms. The second-order valence-corrected chi connectivity index (χ2v) is 18.1. The molecule has 7 rings (SSSR count). The zero-order chi connectivity index (χ0) is 33.8. The van der Waals surface area contributed by atoms with Crippen molar-refractivity contribution in [3.63, 3.8) is 0 Å². The van der Waals surface area contributed by atoms with Crippen LogP contribution < -0.4 is 25.1 Å². The molecular formula is C38H41N3O6Si. The first-order chi connectivity index (χ1) is 23.1. The number of hydrogen-bond acceptors (Lipinski definition) is 6. The van der Waals surface area contributed by atoms with Crippen molar-refractivity contribution < 1.29 is 24.1 Å². The van der Waals surface area contributed by atoms with Gasteiger partial charge in [0.05, 0.1) is 57.2 Å². The van der Waals surface area contributed by atoms with E-state index in [2.05, 4.69) is 37.2 Å². The van der Waals surface area contributed by atoms with Gasteiger partial charge in [0.15, 0.2) is 5.60 Å². The molecule has 2 N–H and O–H groups in total. The zero-order valence-electron chi connectivity index (χ0n) is 27.9. The van der Waals surface area contributed by atoms with Crippen molar-refractivity contribution in [3.05, 3.63) is 112 Å². The lowest BCUT2D eigenvalue weighted by Crippen LogP contribution is -2.51. The van der Waals surface area contributed by atoms with Crippen molar-refractivity contribution >= 4 is 35.8 Å². The van der Waals surface area contributed by atoms with Crippen LogP contribution in [-0.2, 0) is 21.7 Å². The molecule has 0 radical (unpaired) electrons. The highest BCUT2D eigenvalue weighted by atomic mass is 28.3. The van der Waals surface area contributed by atoms with Gasteiger partial charge >= 0.3 is 0 Å². The molecule has 5 aromatic rings. The number of methoxy groups -OCH3 is 2. The molecule has 4 atom stereocenters. The standard InChI is InChI=1S/C38H41N3O6Si/c1-24-35(48(4,5)29-16-13-27(45-2)14-17-29)34(19-20-42)47-38(24)31-22-28(46-3)15-18-33(31)40(37(38)44)23-25-9-8-10-26(21-25)41-36(43)30-11-6-7-12-32(30)39-41/h6-18,21-22,24,34-35,39,42H,19-20,23H2,1-5H3/t24-,34+,35-,38+/m0/s1. The molecule has 1 aromatic heterocycles. The summed E-state index contributed by atoms with van der Waals surface area (Å²) < 4.78 is 19.7. The Morgan fingerprint density at radius 2 is 1.65 bits per heavy atom. The van der Waals surface area contributed by atoms with Gasteiger partial charge in [0.2, 0.25) is 0 Å². The molecule has 0 saturated carbocycles. The van der Waals surface area contributed by atoms with Crippen molar-refractivity contribution in [1.82, 2.24) is 9.78 Å². The van der Waals surface area contributed by atoms with Gasteiger partial charge in [-0.15, -0.1) is 0 Å². The molecule has 1 spiro atoms. The molecule has 1 saturated heterocycles. The molecule has 2 aliphatic rings. The first-order valence-electron chi connectivity index (χ1n) is 16.4. The van der Waals surface area contributed by atoms with Gasteiger partial charge in [-0.05, 0) is 72.1 Å². The lowest BCUT2D eigenvalue weighted by atomic mass is 9.82. The fourth-order valence-corrected chi connectivity index (χ4v) is 12.3. The van der Waals surface area contributed by atoms with Crippen LogP contribution in [0.15, 0.2) is 95.8 Å². The molecule has 1 fully saturated rings. The number of aliphatic hydroxyl groups is 1. The maximum Gasteiger partial charge on any atom is 0.279 e. The highest BCUT2D eigenvalue weighted by Gasteiger charge is 2.66. The van der Waals surface area contributed by atoms with E-state index in [1.807, 2.05) is 72.8 Å². The van der Waals surface area contributed by atoms with Gasteiger partial charge in [-0.3, -0.25) is 14.7 Å². The number of ether oxygens (including phenoxy) is 3. The van der Waals surface area contributed by atoms with Gasteiger partial charge < -0.3 is 24.2 Å². The van der Waals surface area contributed by atoms with Crippen molar-refractivity contribution in [2.45, 2.75) is 50.2 Å². The van der Waals surface area contributed by atoms with E-state index in [1.54, 1.807) is 29.9 Å². The Bertz CT molecular complexity index is 2050. The molecule has 9 nitrogen and oxygen atoms in total. The van der Waals surface area contributed by atoms with Gasteiger partial charge in [0.1, 0.15) is 11.5 Å². The summed E-state index contributed by atoms with van der Waals surface area (Å²) in [5, 5.41) is 15.3. The number of nitrogens with one attached hydrogen (secondary N) is 1. The zero-order valence-corrected chi connectivity index (χ0v) is 28.9. The summed E-state index contributed by atoms with van der Waals surface area (Å²) >= 11 is 0. The number of para-hydroxylation sites is 1. The van der Waals surface area contributed by atoms with Crippen molar-refractivity contribution in [1.29, 1.82) is 0 Å². The summed E-state index contributed by atoms with van der Waals surface area (Å²) in [5.74, 6) is 1.12. The summed E-state index contributed by atoms with van der Waals surface area (Å²) in [6, 6.07) is 29.1. The average molecular weight is 664 g/mol. The number of aromatic nitrogens is 2. The molecule has 2 aliphatic heterocycles. The quantitative estimate of drug-likeness (QED) is 0.203. The second kappa shape index (κ2) is 12.1. The maximum absolute atomic E-state index is 15.0. The largest absolute Gasteiger partial charge is 0.497 e. The number of carbonyl (C=O) groups is 1. The molecule has 48 heavy (non-hydrogen) atoms. The molecular weight excluding hydrogens is 623 g/mol. The first kappa shape index (κ1) is 31.9. The number of anilines is 1. The number of rotatable bonds is 9. The number of hydrogen-bond donors (Lipinski definition) is 2. The average Bonchev–Trinajstić information content (AvgIpc) is 3.68. The van der Waals surface area contributed by atoms with E-state index in [0.29, 0.717) is 23.2 Å². The van der Waals surface area contributed by atoms with E-state index >= 15 is 4.79 Å². The van der Waals surface area contributed by atoms with Gasteiger partial charge in [0.25, 0.3) is 11.5 Å². The third-order valence-electron chi connectivity index (χ3n) is 10.6. The number of fused-ring (bicyclic) bond motifs is 3. The van der Waals surface area contributed by atoms with Crippen molar-refractivity contribution in [3.8, 4) is 17.2 Å². The maximum atomic E-state index is 15.0. The SMILES string of the molecule is COc1ccc([Si](C)(C)[C@@H]2[C@@H](CCO)O[C@]3(C(=O)N(Cc4cccc(-n5[nH]c6ccccc6c5=O)c4)c4ccc(OC)cc43)[C@H]2C)cc1. The van der Waals surface area contributed by atoms with Gasteiger partial charge in [-0.2, -0.15) is 0 Å². The first-order valence-corrected chi connectivity index (χ1v) is 19.4. The lowest BCUT2D eigenvalue weighted by molar-refractivity contribution is -0.146. The van der Waals surface area contributed by atoms with Crippen LogP contribution in [0.1, 0.15) is 24.5 Å². The number of carbonyl (C=O) groups excluding carboxylic acids is 1. The minimum atomic E-state index is -2.30. The van der Waals surface area contributed by atoms with Crippen LogP contribution in [0.25, 0.3) is 16.6 Å². The fourth-order valence-electron chi connectivity index (χ4n) is 8.19. The van der Waals surface area contributed by atoms with E-state index in [0.717, 1.165) is 28.1 Å². The Kier molecular flexibility index (Phi) is 8.05. The summed E-state index contributed by atoms with van der Waals surface area (Å²) in [7, 11) is 0.979. The molecule has 248 valence electrons. The van der Waals surface area contributed by atoms with Crippen molar-refractivity contribution in [2.75, 3.05) is 25.7 Å². The van der Waals surface area contributed by atoms with E-state index in [4.69, 9.17) is 14.2 Å². The van der Waals surface area contributed by atoms with Gasteiger partial charge in [-0.25, -0.2) is 4.68 Å². The predicted molar refractivity (Wildman–Crippen MR) is 189 cm³/mol.